The number of rotatable bonds is 3. The highest BCUT2D eigenvalue weighted by Gasteiger charge is 2.24. The predicted molar refractivity (Wildman–Crippen MR) is 111 cm³/mol. The van der Waals surface area contributed by atoms with Crippen LogP contribution in [0.25, 0.3) is 22.5 Å². The molecule has 0 unspecified atom stereocenters. The van der Waals surface area contributed by atoms with Gasteiger partial charge in [0.1, 0.15) is 17.3 Å². The van der Waals surface area contributed by atoms with Crippen LogP contribution in [0, 0.1) is 12.7 Å². The SMILES string of the molecule is Cc1cc(F)ccc1-c1ncc(N2CCS(=O)(=O)CC2)nc1-c1ccncc1Cl. The first-order chi connectivity index (χ1) is 13.8. The summed E-state index contributed by atoms with van der Waals surface area (Å²) in [4.78, 5) is 15.3. The van der Waals surface area contributed by atoms with Gasteiger partial charge in [-0.1, -0.05) is 11.6 Å². The summed E-state index contributed by atoms with van der Waals surface area (Å²) in [5.74, 6) is 0.415. The lowest BCUT2D eigenvalue weighted by Crippen LogP contribution is -2.40. The van der Waals surface area contributed by atoms with Crippen LogP contribution in [0.2, 0.25) is 5.02 Å². The van der Waals surface area contributed by atoms with Gasteiger partial charge in [0, 0.05) is 36.6 Å². The molecule has 4 rings (SSSR count). The Morgan fingerprint density at radius 3 is 2.52 bits per heavy atom. The molecule has 0 N–H and O–H groups in total. The molecule has 0 amide bonds. The molecule has 1 saturated heterocycles. The highest BCUT2D eigenvalue weighted by molar-refractivity contribution is 7.91. The fraction of sp³-hybridized carbons (Fsp3) is 0.250. The molecule has 150 valence electrons. The van der Waals surface area contributed by atoms with Gasteiger partial charge in [0.15, 0.2) is 9.84 Å². The Labute approximate surface area is 173 Å². The molecule has 0 atom stereocenters. The van der Waals surface area contributed by atoms with Crippen molar-refractivity contribution in [1.29, 1.82) is 0 Å². The first-order valence-corrected chi connectivity index (χ1v) is 11.2. The van der Waals surface area contributed by atoms with E-state index in [4.69, 9.17) is 16.6 Å². The molecule has 0 bridgehead atoms. The van der Waals surface area contributed by atoms with Gasteiger partial charge in [0.05, 0.1) is 28.4 Å². The Balaban J connectivity index is 1.85. The molecule has 3 aromatic rings. The Morgan fingerprint density at radius 2 is 1.83 bits per heavy atom. The monoisotopic (exact) mass is 432 g/mol. The number of pyridine rings is 1. The summed E-state index contributed by atoms with van der Waals surface area (Å²) < 4.78 is 37.1. The first-order valence-electron chi connectivity index (χ1n) is 9.03. The van der Waals surface area contributed by atoms with Gasteiger partial charge in [-0.3, -0.25) is 9.97 Å². The van der Waals surface area contributed by atoms with Crippen LogP contribution in [0.15, 0.2) is 42.9 Å². The van der Waals surface area contributed by atoms with Gasteiger partial charge in [0.2, 0.25) is 0 Å². The van der Waals surface area contributed by atoms with Crippen molar-refractivity contribution < 1.29 is 12.8 Å². The molecule has 9 heteroatoms. The molecular formula is C20H18ClFN4O2S. The smallest absolute Gasteiger partial charge is 0.153 e. The van der Waals surface area contributed by atoms with Crippen molar-refractivity contribution in [3.8, 4) is 22.5 Å². The third kappa shape index (κ3) is 4.09. The Hall–Kier alpha value is -2.58. The van der Waals surface area contributed by atoms with Crippen molar-refractivity contribution in [1.82, 2.24) is 15.0 Å². The van der Waals surface area contributed by atoms with Gasteiger partial charge >= 0.3 is 0 Å². The minimum Gasteiger partial charge on any atom is -0.353 e. The van der Waals surface area contributed by atoms with E-state index in [0.717, 1.165) is 11.1 Å². The number of hydrogen-bond acceptors (Lipinski definition) is 6. The molecule has 3 heterocycles. The number of halogens is 2. The lowest BCUT2D eigenvalue weighted by atomic mass is 10.0. The topological polar surface area (TPSA) is 76.1 Å². The van der Waals surface area contributed by atoms with Crippen molar-refractivity contribution in [3.63, 3.8) is 0 Å². The molecule has 1 aliphatic rings. The maximum atomic E-state index is 13.6. The second kappa shape index (κ2) is 7.68. The number of nitrogens with zero attached hydrogens (tertiary/aromatic N) is 4. The number of aryl methyl sites for hydroxylation is 1. The Kier molecular flexibility index (Phi) is 5.23. The fourth-order valence-corrected chi connectivity index (χ4v) is 4.73. The van der Waals surface area contributed by atoms with Gasteiger partial charge in [-0.2, -0.15) is 0 Å². The zero-order valence-electron chi connectivity index (χ0n) is 15.6. The molecule has 1 fully saturated rings. The lowest BCUT2D eigenvalue weighted by molar-refractivity contribution is 0.586. The van der Waals surface area contributed by atoms with Gasteiger partial charge < -0.3 is 4.90 Å². The standard InChI is InChI=1S/C20H18ClFN4O2S/c1-13-10-14(22)2-3-15(13)19-20(16-4-5-23-11-17(16)21)25-18(12-24-19)26-6-8-29(27,28)9-7-26/h2-5,10-12H,6-9H2,1H3. The Bertz CT molecular complexity index is 1170. The van der Waals surface area contributed by atoms with E-state index in [1.807, 2.05) is 4.90 Å². The second-order valence-corrected chi connectivity index (χ2v) is 9.59. The van der Waals surface area contributed by atoms with Crippen LogP contribution in [0.1, 0.15) is 5.56 Å². The lowest BCUT2D eigenvalue weighted by Gasteiger charge is -2.28. The van der Waals surface area contributed by atoms with Crippen LogP contribution < -0.4 is 4.90 Å². The molecule has 0 aliphatic carbocycles. The minimum absolute atomic E-state index is 0.0822. The van der Waals surface area contributed by atoms with Crippen LogP contribution in [0.3, 0.4) is 0 Å². The molecule has 0 saturated carbocycles. The summed E-state index contributed by atoms with van der Waals surface area (Å²) >= 11 is 6.38. The van der Waals surface area contributed by atoms with Crippen LogP contribution >= 0.6 is 11.6 Å². The molecule has 1 aliphatic heterocycles. The highest BCUT2D eigenvalue weighted by atomic mass is 35.5. The van der Waals surface area contributed by atoms with Gasteiger partial charge in [-0.15, -0.1) is 0 Å². The zero-order chi connectivity index (χ0) is 20.6. The van der Waals surface area contributed by atoms with Crippen molar-refractivity contribution in [2.24, 2.45) is 0 Å². The number of aromatic nitrogens is 3. The third-order valence-electron chi connectivity index (χ3n) is 4.90. The van der Waals surface area contributed by atoms with Crippen molar-refractivity contribution in [3.05, 3.63) is 59.3 Å². The largest absolute Gasteiger partial charge is 0.353 e. The summed E-state index contributed by atoms with van der Waals surface area (Å²) in [7, 11) is -3.01. The number of anilines is 1. The zero-order valence-corrected chi connectivity index (χ0v) is 17.2. The van der Waals surface area contributed by atoms with E-state index >= 15 is 0 Å². The molecule has 6 nitrogen and oxygen atoms in total. The summed E-state index contributed by atoms with van der Waals surface area (Å²) in [5, 5.41) is 0.418. The van der Waals surface area contributed by atoms with Crippen LogP contribution in [-0.4, -0.2) is 48.0 Å². The third-order valence-corrected chi connectivity index (χ3v) is 6.81. The van der Waals surface area contributed by atoms with E-state index < -0.39 is 9.84 Å². The van der Waals surface area contributed by atoms with E-state index in [-0.39, 0.29) is 17.3 Å². The number of hydrogen-bond donors (Lipinski definition) is 0. The fourth-order valence-electron chi connectivity index (χ4n) is 3.32. The number of sulfone groups is 1. The summed E-state index contributed by atoms with van der Waals surface area (Å²) in [6.45, 7) is 2.52. The number of benzene rings is 1. The predicted octanol–water partition coefficient (Wildman–Crippen LogP) is 3.54. The van der Waals surface area contributed by atoms with Gasteiger partial charge in [-0.25, -0.2) is 17.8 Å². The maximum absolute atomic E-state index is 13.6. The van der Waals surface area contributed by atoms with Crippen LogP contribution in [0.5, 0.6) is 0 Å². The van der Waals surface area contributed by atoms with Gasteiger partial charge in [-0.05, 0) is 36.8 Å². The van der Waals surface area contributed by atoms with Crippen LogP contribution in [-0.2, 0) is 9.84 Å². The normalized spacial score (nSPS) is 16.0. The van der Waals surface area contributed by atoms with E-state index in [0.29, 0.717) is 40.9 Å². The average molecular weight is 433 g/mol. The maximum Gasteiger partial charge on any atom is 0.153 e. The van der Waals surface area contributed by atoms with E-state index in [1.54, 1.807) is 31.5 Å². The van der Waals surface area contributed by atoms with E-state index in [9.17, 15) is 12.8 Å². The highest BCUT2D eigenvalue weighted by Crippen LogP contribution is 2.35. The summed E-state index contributed by atoms with van der Waals surface area (Å²) in [6.07, 6.45) is 4.76. The second-order valence-electron chi connectivity index (χ2n) is 6.88. The van der Waals surface area contributed by atoms with E-state index in [2.05, 4.69) is 9.97 Å². The average Bonchev–Trinajstić information content (AvgIpc) is 2.68. The first kappa shape index (κ1) is 19.7. The minimum atomic E-state index is -3.01. The van der Waals surface area contributed by atoms with E-state index in [1.165, 1.54) is 18.3 Å². The molecular weight excluding hydrogens is 415 g/mol. The van der Waals surface area contributed by atoms with Crippen molar-refractivity contribution in [2.75, 3.05) is 29.5 Å². The Morgan fingerprint density at radius 1 is 1.07 bits per heavy atom. The molecule has 0 radical (unpaired) electrons. The molecule has 29 heavy (non-hydrogen) atoms. The molecule has 1 aromatic carbocycles. The van der Waals surface area contributed by atoms with Crippen molar-refractivity contribution >= 4 is 27.3 Å². The molecule has 2 aromatic heterocycles. The summed E-state index contributed by atoms with van der Waals surface area (Å²) in [5.41, 5.74) is 3.23. The van der Waals surface area contributed by atoms with Gasteiger partial charge in [0.25, 0.3) is 0 Å². The molecule has 0 spiro atoms. The van der Waals surface area contributed by atoms with Crippen molar-refractivity contribution in [2.45, 2.75) is 6.92 Å². The van der Waals surface area contributed by atoms with Crippen LogP contribution in [0.4, 0.5) is 10.2 Å². The summed E-state index contributed by atoms with van der Waals surface area (Å²) in [6, 6.07) is 6.24. The quantitative estimate of drug-likeness (QED) is 0.630.